The van der Waals surface area contributed by atoms with Crippen molar-refractivity contribution in [2.24, 2.45) is 0 Å². The molecular formula is C17H24OSi. The quantitative estimate of drug-likeness (QED) is 0.366. The van der Waals surface area contributed by atoms with Crippen LogP contribution in [0.15, 0.2) is 42.5 Å². The van der Waals surface area contributed by atoms with E-state index in [-0.39, 0.29) is 0 Å². The Morgan fingerprint density at radius 2 is 1.89 bits per heavy atom. The van der Waals surface area contributed by atoms with Crippen molar-refractivity contribution in [3.05, 3.63) is 48.0 Å². The van der Waals surface area contributed by atoms with E-state index in [1.807, 2.05) is 42.5 Å². The van der Waals surface area contributed by atoms with Gasteiger partial charge in [0.1, 0.15) is 8.07 Å². The van der Waals surface area contributed by atoms with E-state index in [2.05, 4.69) is 31.1 Å². The van der Waals surface area contributed by atoms with E-state index in [9.17, 15) is 5.11 Å². The summed E-state index contributed by atoms with van der Waals surface area (Å²) in [5.41, 5.74) is 4.30. The second-order valence-electron chi connectivity index (χ2n) is 5.73. The molecule has 19 heavy (non-hydrogen) atoms. The molecule has 0 saturated carbocycles. The highest BCUT2D eigenvalue weighted by Gasteiger charge is 2.06. The van der Waals surface area contributed by atoms with Crippen LogP contribution in [0.4, 0.5) is 0 Å². The Balaban J connectivity index is 2.26. The summed E-state index contributed by atoms with van der Waals surface area (Å²) in [6.07, 6.45) is 6.42. The lowest BCUT2D eigenvalue weighted by Crippen LogP contribution is -2.16. The Kier molecular flexibility index (Phi) is 6.62. The molecular weight excluding hydrogens is 248 g/mol. The summed E-state index contributed by atoms with van der Waals surface area (Å²) in [5.74, 6) is 3.26. The number of aliphatic hydroxyl groups excluding tert-OH is 1. The fraction of sp³-hybridized carbons (Fsp3) is 0.412. The van der Waals surface area contributed by atoms with Crippen LogP contribution in [0.5, 0.6) is 0 Å². The number of hydrogen-bond acceptors (Lipinski definition) is 1. The molecule has 0 radical (unpaired) electrons. The Labute approximate surface area is 118 Å². The van der Waals surface area contributed by atoms with Crippen LogP contribution < -0.4 is 0 Å². The van der Waals surface area contributed by atoms with E-state index < -0.39 is 14.2 Å². The maximum Gasteiger partial charge on any atom is 0.129 e. The van der Waals surface area contributed by atoms with Gasteiger partial charge in [0.05, 0.1) is 6.10 Å². The number of aliphatic hydroxyl groups is 1. The molecule has 1 nitrogen and oxygen atoms in total. The maximum absolute atomic E-state index is 9.92. The summed E-state index contributed by atoms with van der Waals surface area (Å²) in [6.45, 7) is 6.78. The van der Waals surface area contributed by atoms with Gasteiger partial charge in [-0.25, -0.2) is 0 Å². The molecule has 1 N–H and O–H groups in total. The monoisotopic (exact) mass is 272 g/mol. The highest BCUT2D eigenvalue weighted by molar-refractivity contribution is 6.83. The molecule has 0 spiro atoms. The average Bonchev–Trinajstić information content (AvgIpc) is 2.37. The molecule has 0 amide bonds. The van der Waals surface area contributed by atoms with E-state index >= 15 is 0 Å². The molecule has 0 fully saturated rings. The van der Waals surface area contributed by atoms with Gasteiger partial charge in [0, 0.05) is 6.42 Å². The van der Waals surface area contributed by atoms with Gasteiger partial charge in [-0.15, -0.1) is 11.5 Å². The first kappa shape index (κ1) is 15.8. The lowest BCUT2D eigenvalue weighted by molar-refractivity contribution is 0.228. The molecule has 0 aliphatic heterocycles. The van der Waals surface area contributed by atoms with Gasteiger partial charge in [0.15, 0.2) is 0 Å². The zero-order chi connectivity index (χ0) is 14.1. The smallest absolute Gasteiger partial charge is 0.129 e. The van der Waals surface area contributed by atoms with E-state index in [0.29, 0.717) is 0 Å². The van der Waals surface area contributed by atoms with Crippen molar-refractivity contribution in [2.45, 2.75) is 45.0 Å². The van der Waals surface area contributed by atoms with Gasteiger partial charge in [-0.2, -0.15) is 0 Å². The summed E-state index contributed by atoms with van der Waals surface area (Å²) in [4.78, 5) is 0. The summed E-state index contributed by atoms with van der Waals surface area (Å²) < 4.78 is 0. The van der Waals surface area contributed by atoms with Gasteiger partial charge in [-0.1, -0.05) is 62.1 Å². The summed E-state index contributed by atoms with van der Waals surface area (Å²) >= 11 is 0. The van der Waals surface area contributed by atoms with Gasteiger partial charge in [0.25, 0.3) is 0 Å². The second kappa shape index (κ2) is 7.99. The lowest BCUT2D eigenvalue weighted by atomic mass is 10.1. The third-order valence-electron chi connectivity index (χ3n) is 2.60. The van der Waals surface area contributed by atoms with Crippen LogP contribution in [0.25, 0.3) is 0 Å². The lowest BCUT2D eigenvalue weighted by Gasteiger charge is -2.04. The fourth-order valence-electron chi connectivity index (χ4n) is 1.62. The van der Waals surface area contributed by atoms with Gasteiger partial charge >= 0.3 is 0 Å². The zero-order valence-corrected chi connectivity index (χ0v) is 13.2. The number of hydrogen-bond donors (Lipinski definition) is 1. The van der Waals surface area contributed by atoms with E-state index in [0.717, 1.165) is 24.8 Å². The molecule has 0 bridgehead atoms. The average molecular weight is 272 g/mol. The molecule has 2 heteroatoms. The normalized spacial score (nSPS) is 13.1. The molecule has 1 unspecified atom stereocenters. The minimum absolute atomic E-state index is 0.491. The highest BCUT2D eigenvalue weighted by Crippen LogP contribution is 2.13. The van der Waals surface area contributed by atoms with Gasteiger partial charge in [-0.05, 0) is 18.4 Å². The molecule has 1 rings (SSSR count). The Bertz CT molecular complexity index is 446. The molecule has 0 aliphatic carbocycles. The molecule has 0 saturated heterocycles. The molecule has 0 aromatic heterocycles. The standard InChI is InChI=1S/C17H24OSi/c1-19(2,3)15-11-6-4-5-10-14-17(18)16-12-8-7-9-13-16/h7-10,12-14,17-18H,4-6H2,1-3H3/b14-10+. The Hall–Kier alpha value is -1.30. The first-order valence-corrected chi connectivity index (χ1v) is 10.4. The molecule has 102 valence electrons. The maximum atomic E-state index is 9.92. The summed E-state index contributed by atoms with van der Waals surface area (Å²) in [6, 6.07) is 9.72. The van der Waals surface area contributed by atoms with Crippen molar-refractivity contribution in [1.29, 1.82) is 0 Å². The van der Waals surface area contributed by atoms with Crippen LogP contribution in [0, 0.1) is 11.5 Å². The van der Waals surface area contributed by atoms with Crippen LogP contribution in [0.3, 0.4) is 0 Å². The van der Waals surface area contributed by atoms with Crippen molar-refractivity contribution in [3.8, 4) is 11.5 Å². The van der Waals surface area contributed by atoms with Crippen LogP contribution in [0.2, 0.25) is 19.6 Å². The predicted octanol–water partition coefficient (Wildman–Crippen LogP) is 4.33. The number of unbranched alkanes of at least 4 members (excludes halogenated alkanes) is 2. The SMILES string of the molecule is C[Si](C)(C)C#CCCC/C=C/C(O)c1ccccc1. The zero-order valence-electron chi connectivity index (χ0n) is 12.2. The summed E-state index contributed by atoms with van der Waals surface area (Å²) in [5, 5.41) is 9.92. The minimum Gasteiger partial charge on any atom is -0.384 e. The first-order valence-electron chi connectivity index (χ1n) is 6.89. The molecule has 0 heterocycles. The Morgan fingerprint density at radius 1 is 1.21 bits per heavy atom. The third-order valence-corrected chi connectivity index (χ3v) is 3.52. The highest BCUT2D eigenvalue weighted by atomic mass is 28.3. The summed E-state index contributed by atoms with van der Waals surface area (Å²) in [7, 11) is -1.21. The van der Waals surface area contributed by atoms with Gasteiger partial charge in [-0.3, -0.25) is 0 Å². The minimum atomic E-state index is -1.21. The van der Waals surface area contributed by atoms with Crippen molar-refractivity contribution < 1.29 is 5.11 Å². The van der Waals surface area contributed by atoms with Crippen molar-refractivity contribution in [2.75, 3.05) is 0 Å². The fourth-order valence-corrected chi connectivity index (χ4v) is 2.28. The number of allylic oxidation sites excluding steroid dienone is 1. The van der Waals surface area contributed by atoms with Gasteiger partial charge < -0.3 is 5.11 Å². The van der Waals surface area contributed by atoms with Crippen LogP contribution in [-0.4, -0.2) is 13.2 Å². The van der Waals surface area contributed by atoms with Crippen LogP contribution in [0.1, 0.15) is 30.9 Å². The Morgan fingerprint density at radius 3 is 2.53 bits per heavy atom. The predicted molar refractivity (Wildman–Crippen MR) is 85.5 cm³/mol. The molecule has 0 aliphatic rings. The van der Waals surface area contributed by atoms with E-state index in [1.54, 1.807) is 0 Å². The number of benzene rings is 1. The van der Waals surface area contributed by atoms with E-state index in [1.165, 1.54) is 0 Å². The van der Waals surface area contributed by atoms with Gasteiger partial charge in [0.2, 0.25) is 0 Å². The topological polar surface area (TPSA) is 20.2 Å². The van der Waals surface area contributed by atoms with Crippen molar-refractivity contribution in [1.82, 2.24) is 0 Å². The van der Waals surface area contributed by atoms with Crippen molar-refractivity contribution in [3.63, 3.8) is 0 Å². The largest absolute Gasteiger partial charge is 0.384 e. The molecule has 1 aromatic carbocycles. The second-order valence-corrected chi connectivity index (χ2v) is 10.5. The third kappa shape index (κ3) is 7.66. The number of rotatable bonds is 5. The van der Waals surface area contributed by atoms with Crippen LogP contribution >= 0.6 is 0 Å². The van der Waals surface area contributed by atoms with E-state index in [4.69, 9.17) is 0 Å². The van der Waals surface area contributed by atoms with Crippen LogP contribution in [-0.2, 0) is 0 Å². The first-order chi connectivity index (χ1) is 8.99. The molecule has 1 aromatic rings. The molecule has 1 atom stereocenters. The van der Waals surface area contributed by atoms with Crippen molar-refractivity contribution >= 4 is 8.07 Å².